The maximum Gasteiger partial charge on any atom is 0.230 e. The molecule has 0 aliphatic heterocycles. The molecule has 0 saturated heterocycles. The molecule has 0 bridgehead atoms. The highest BCUT2D eigenvalue weighted by molar-refractivity contribution is 8.00. The first-order valence-electron chi connectivity index (χ1n) is 8.55. The number of thioether (sulfide) groups is 1. The van der Waals surface area contributed by atoms with Crippen LogP contribution in [0.2, 0.25) is 0 Å². The Bertz CT molecular complexity index is 971. The first kappa shape index (κ1) is 17.0. The predicted molar refractivity (Wildman–Crippen MR) is 102 cm³/mol. The molecule has 0 radical (unpaired) electrons. The first-order valence-corrected chi connectivity index (χ1v) is 9.54. The Hall–Kier alpha value is -2.47. The van der Waals surface area contributed by atoms with E-state index < -0.39 is 0 Å². The van der Waals surface area contributed by atoms with Crippen LogP contribution in [-0.2, 0) is 4.79 Å². The summed E-state index contributed by atoms with van der Waals surface area (Å²) in [5.74, 6) is 0.591. The van der Waals surface area contributed by atoms with E-state index in [1.165, 1.54) is 23.9 Å². The minimum atomic E-state index is -0.294. The summed E-state index contributed by atoms with van der Waals surface area (Å²) in [7, 11) is 0. The van der Waals surface area contributed by atoms with Crippen molar-refractivity contribution in [3.05, 3.63) is 53.8 Å². The van der Waals surface area contributed by atoms with Gasteiger partial charge in [-0.3, -0.25) is 4.79 Å². The number of carbonyl (C=O) groups is 1. The van der Waals surface area contributed by atoms with Crippen LogP contribution < -0.4 is 5.32 Å². The van der Waals surface area contributed by atoms with E-state index in [1.807, 2.05) is 25.1 Å². The number of fused-ring (bicyclic) bond motifs is 1. The van der Waals surface area contributed by atoms with Gasteiger partial charge in [-0.05, 0) is 49.6 Å². The highest BCUT2D eigenvalue weighted by Gasteiger charge is 2.23. The lowest BCUT2D eigenvalue weighted by Gasteiger charge is -2.10. The summed E-state index contributed by atoms with van der Waals surface area (Å²) < 4.78 is 13.2. The largest absolute Gasteiger partial charge is 0.353 e. The number of hydrogen-bond acceptors (Lipinski definition) is 4. The number of benzene rings is 2. The molecule has 1 heterocycles. The quantitative estimate of drug-likeness (QED) is 0.545. The molecule has 4 nitrogen and oxygen atoms in total. The molecule has 0 unspecified atom stereocenters. The SMILES string of the molecule is Cc1cccc2c(SCC(=O)NC3CC3)nc(-c3ccc(F)cc3)nc12. The highest BCUT2D eigenvalue weighted by Crippen LogP contribution is 2.30. The number of rotatable bonds is 5. The molecule has 4 rings (SSSR count). The van der Waals surface area contributed by atoms with Gasteiger partial charge in [0.05, 0.1) is 11.3 Å². The van der Waals surface area contributed by atoms with Gasteiger partial charge in [-0.2, -0.15) is 0 Å². The van der Waals surface area contributed by atoms with Crippen LogP contribution in [0.5, 0.6) is 0 Å². The van der Waals surface area contributed by atoms with Crippen molar-refractivity contribution < 1.29 is 9.18 Å². The Morgan fingerprint density at radius 2 is 1.96 bits per heavy atom. The number of hydrogen-bond donors (Lipinski definition) is 1. The third-order valence-corrected chi connectivity index (χ3v) is 5.27. The van der Waals surface area contributed by atoms with Crippen LogP contribution in [0, 0.1) is 12.7 Å². The van der Waals surface area contributed by atoms with E-state index in [-0.39, 0.29) is 11.7 Å². The van der Waals surface area contributed by atoms with Crippen molar-refractivity contribution in [1.82, 2.24) is 15.3 Å². The summed E-state index contributed by atoms with van der Waals surface area (Å²) >= 11 is 1.41. The fraction of sp³-hybridized carbons (Fsp3) is 0.250. The zero-order valence-corrected chi connectivity index (χ0v) is 15.1. The van der Waals surface area contributed by atoms with Gasteiger partial charge in [-0.15, -0.1) is 0 Å². The van der Waals surface area contributed by atoms with E-state index in [9.17, 15) is 9.18 Å². The molecule has 1 aliphatic rings. The number of carbonyl (C=O) groups excluding carboxylic acids is 1. The number of amides is 1. The van der Waals surface area contributed by atoms with Crippen molar-refractivity contribution >= 4 is 28.6 Å². The van der Waals surface area contributed by atoms with Crippen molar-refractivity contribution in [1.29, 1.82) is 0 Å². The molecule has 1 aliphatic carbocycles. The van der Waals surface area contributed by atoms with E-state index in [1.54, 1.807) is 12.1 Å². The van der Waals surface area contributed by atoms with Gasteiger partial charge in [0.2, 0.25) is 5.91 Å². The van der Waals surface area contributed by atoms with Crippen molar-refractivity contribution in [2.45, 2.75) is 30.8 Å². The van der Waals surface area contributed by atoms with Crippen LogP contribution in [0.15, 0.2) is 47.5 Å². The summed E-state index contributed by atoms with van der Waals surface area (Å²) in [6.07, 6.45) is 2.14. The second kappa shape index (κ2) is 7.03. The average molecular weight is 367 g/mol. The molecule has 1 aromatic heterocycles. The molecule has 6 heteroatoms. The molecule has 132 valence electrons. The zero-order chi connectivity index (χ0) is 18.1. The highest BCUT2D eigenvalue weighted by atomic mass is 32.2. The molecular formula is C20H18FN3OS. The van der Waals surface area contributed by atoms with E-state index in [2.05, 4.69) is 15.3 Å². The average Bonchev–Trinajstić information content (AvgIpc) is 3.45. The number of aromatic nitrogens is 2. The monoisotopic (exact) mass is 367 g/mol. The van der Waals surface area contributed by atoms with Crippen LogP contribution in [0.4, 0.5) is 4.39 Å². The summed E-state index contributed by atoms with van der Waals surface area (Å²) in [5, 5.41) is 4.69. The van der Waals surface area contributed by atoms with E-state index in [0.29, 0.717) is 17.6 Å². The molecule has 3 aromatic rings. The fourth-order valence-electron chi connectivity index (χ4n) is 2.74. The van der Waals surface area contributed by atoms with Crippen LogP contribution >= 0.6 is 11.8 Å². The molecular weight excluding hydrogens is 349 g/mol. The summed E-state index contributed by atoms with van der Waals surface area (Å²) in [5.41, 5.74) is 2.64. The van der Waals surface area contributed by atoms with Crippen molar-refractivity contribution in [3.63, 3.8) is 0 Å². The Kier molecular flexibility index (Phi) is 4.59. The Labute approximate surface area is 155 Å². The smallest absolute Gasteiger partial charge is 0.230 e. The molecule has 1 amide bonds. The van der Waals surface area contributed by atoms with Crippen molar-refractivity contribution in [2.24, 2.45) is 0 Å². The van der Waals surface area contributed by atoms with Crippen LogP contribution in [0.25, 0.3) is 22.3 Å². The van der Waals surface area contributed by atoms with Gasteiger partial charge < -0.3 is 5.32 Å². The number of nitrogens with one attached hydrogen (secondary N) is 1. The van der Waals surface area contributed by atoms with Gasteiger partial charge in [0.15, 0.2) is 5.82 Å². The Morgan fingerprint density at radius 3 is 2.69 bits per heavy atom. The minimum absolute atomic E-state index is 0.0280. The van der Waals surface area contributed by atoms with Gasteiger partial charge in [0.25, 0.3) is 0 Å². The maximum absolute atomic E-state index is 13.2. The van der Waals surface area contributed by atoms with E-state index in [0.717, 1.165) is 39.9 Å². The van der Waals surface area contributed by atoms with E-state index >= 15 is 0 Å². The van der Waals surface area contributed by atoms with Gasteiger partial charge in [-0.1, -0.05) is 30.0 Å². The summed E-state index contributed by atoms with van der Waals surface area (Å²) in [6.45, 7) is 2.00. The second-order valence-corrected chi connectivity index (χ2v) is 7.42. The van der Waals surface area contributed by atoms with Crippen molar-refractivity contribution in [2.75, 3.05) is 5.75 Å². The zero-order valence-electron chi connectivity index (χ0n) is 14.3. The first-order chi connectivity index (χ1) is 12.6. The Balaban J connectivity index is 1.70. The molecule has 26 heavy (non-hydrogen) atoms. The van der Waals surface area contributed by atoms with E-state index in [4.69, 9.17) is 0 Å². The second-order valence-electron chi connectivity index (χ2n) is 6.46. The molecule has 0 spiro atoms. The lowest BCUT2D eigenvalue weighted by atomic mass is 10.1. The number of nitrogens with zero attached hydrogens (tertiary/aromatic N) is 2. The van der Waals surface area contributed by atoms with Crippen molar-refractivity contribution in [3.8, 4) is 11.4 Å². The van der Waals surface area contributed by atoms with Crippen LogP contribution in [-0.4, -0.2) is 27.7 Å². The number of aryl methyl sites for hydroxylation is 1. The number of para-hydroxylation sites is 1. The lowest BCUT2D eigenvalue weighted by molar-refractivity contribution is -0.118. The van der Waals surface area contributed by atoms with Crippen LogP contribution in [0.3, 0.4) is 0 Å². The van der Waals surface area contributed by atoms with Gasteiger partial charge in [0.1, 0.15) is 10.8 Å². The third kappa shape index (κ3) is 3.70. The normalized spacial score (nSPS) is 13.8. The lowest BCUT2D eigenvalue weighted by Crippen LogP contribution is -2.27. The van der Waals surface area contributed by atoms with Gasteiger partial charge in [0, 0.05) is 17.0 Å². The summed E-state index contributed by atoms with van der Waals surface area (Å²) in [6, 6.07) is 12.4. The van der Waals surface area contributed by atoms with Crippen LogP contribution in [0.1, 0.15) is 18.4 Å². The fourth-order valence-corrected chi connectivity index (χ4v) is 3.56. The van der Waals surface area contributed by atoms with Gasteiger partial charge >= 0.3 is 0 Å². The Morgan fingerprint density at radius 1 is 1.19 bits per heavy atom. The molecule has 1 N–H and O–H groups in total. The predicted octanol–water partition coefficient (Wildman–Crippen LogP) is 4.12. The maximum atomic E-state index is 13.2. The number of halogens is 1. The molecule has 1 fully saturated rings. The third-order valence-electron chi connectivity index (χ3n) is 4.28. The van der Waals surface area contributed by atoms with Gasteiger partial charge in [-0.25, -0.2) is 14.4 Å². The molecule has 1 saturated carbocycles. The standard InChI is InChI=1S/C20H18FN3OS/c1-12-3-2-4-16-18(12)23-19(13-5-7-14(21)8-6-13)24-20(16)26-11-17(25)22-15-9-10-15/h2-8,15H,9-11H2,1H3,(H,22,25). The topological polar surface area (TPSA) is 54.9 Å². The minimum Gasteiger partial charge on any atom is -0.353 e. The summed E-state index contributed by atoms with van der Waals surface area (Å²) in [4.78, 5) is 21.4. The molecule has 2 aromatic carbocycles. The molecule has 0 atom stereocenters.